The Morgan fingerprint density at radius 2 is 1.26 bits per heavy atom. The Labute approximate surface area is 153 Å². The van der Waals surface area contributed by atoms with Crippen molar-refractivity contribution in [2.75, 3.05) is 0 Å². The van der Waals surface area contributed by atoms with E-state index in [-0.39, 0.29) is 17.8 Å². The lowest BCUT2D eigenvalue weighted by Gasteiger charge is -2.56. The molecular weight excluding hydrogens is 421 g/mol. The maximum absolute atomic E-state index is 14.1. The number of nitrogens with zero attached hydrogens (tertiary/aromatic N) is 1. The second kappa shape index (κ2) is 6.09. The Hall–Kier alpha value is -0.820. The molecule has 0 N–H and O–H groups in total. The summed E-state index contributed by atoms with van der Waals surface area (Å²) in [5.41, 5.74) is -6.97. The number of sulfonamides is 2. The van der Waals surface area contributed by atoms with E-state index in [0.717, 1.165) is 19.3 Å². The average molecular weight is 438 g/mol. The highest BCUT2D eigenvalue weighted by Gasteiger charge is 2.56. The molecule has 4 fully saturated rings. The third-order valence-electron chi connectivity index (χ3n) is 5.84. The second-order valence-corrected chi connectivity index (χ2v) is 11.5. The Morgan fingerprint density at radius 1 is 0.852 bits per heavy atom. The Kier molecular flexibility index (Phi) is 4.71. The molecule has 0 heterocycles. The van der Waals surface area contributed by atoms with Gasteiger partial charge in [0.1, 0.15) is 0 Å². The molecule has 4 aliphatic carbocycles. The van der Waals surface area contributed by atoms with Crippen molar-refractivity contribution < 1.29 is 43.6 Å². The summed E-state index contributed by atoms with van der Waals surface area (Å²) < 4.78 is 111. The standard InChI is InChI=1S/C14H17F5NO5S2/c15-13(16,26(22,23)20-27(24,25)14(17,18)19)11(21)7-12-4-8-1-9(5-12)3-10(2-8)6-12/h8-10H,1-7H2/q-1. The summed E-state index contributed by atoms with van der Waals surface area (Å²) in [5, 5.41) is -5.34. The van der Waals surface area contributed by atoms with Crippen LogP contribution in [0.1, 0.15) is 44.9 Å². The van der Waals surface area contributed by atoms with E-state index in [2.05, 4.69) is 0 Å². The van der Waals surface area contributed by atoms with Crippen LogP contribution < -0.4 is 0 Å². The number of alkyl halides is 5. The van der Waals surface area contributed by atoms with E-state index in [1.54, 1.807) is 0 Å². The molecule has 0 unspecified atom stereocenters. The molecule has 0 spiro atoms. The highest BCUT2D eigenvalue weighted by molar-refractivity contribution is 8.13. The summed E-state index contributed by atoms with van der Waals surface area (Å²) >= 11 is 0. The second-order valence-electron chi connectivity index (χ2n) is 8.00. The van der Waals surface area contributed by atoms with E-state index >= 15 is 0 Å². The minimum absolute atomic E-state index is 0.268. The monoisotopic (exact) mass is 438 g/mol. The van der Waals surface area contributed by atoms with Gasteiger partial charge in [-0.3, -0.25) is 4.79 Å². The maximum atomic E-state index is 14.1. The molecule has 0 aromatic carbocycles. The maximum Gasteiger partial charge on any atom is 0.480 e. The van der Waals surface area contributed by atoms with Crippen LogP contribution >= 0.6 is 0 Å². The molecule has 0 saturated heterocycles. The molecule has 0 amide bonds. The van der Waals surface area contributed by atoms with Gasteiger partial charge in [0.25, 0.3) is 0 Å². The molecule has 13 heteroatoms. The minimum atomic E-state index is -6.72. The van der Waals surface area contributed by atoms with Crippen LogP contribution in [0.25, 0.3) is 4.13 Å². The van der Waals surface area contributed by atoms with E-state index in [9.17, 15) is 43.6 Å². The first-order chi connectivity index (χ1) is 12.1. The molecule has 0 radical (unpaired) electrons. The number of rotatable bonds is 6. The van der Waals surface area contributed by atoms with Crippen LogP contribution in [0.15, 0.2) is 0 Å². The molecule has 0 atom stereocenters. The lowest BCUT2D eigenvalue weighted by atomic mass is 9.48. The number of hydrogen-bond donors (Lipinski definition) is 0. The van der Waals surface area contributed by atoms with Gasteiger partial charge in [-0.15, -0.1) is 0 Å². The van der Waals surface area contributed by atoms with E-state index < -0.39 is 48.4 Å². The first-order valence-corrected chi connectivity index (χ1v) is 11.2. The zero-order chi connectivity index (χ0) is 20.5. The Morgan fingerprint density at radius 3 is 1.63 bits per heavy atom. The SMILES string of the molecule is O=C(CC12CC3CC(CC(C3)C1)C2)C(F)(F)S(=O)(=O)[N-]S(=O)(=O)C(F)(F)F. The van der Waals surface area contributed by atoms with Gasteiger partial charge in [0.2, 0.25) is 5.78 Å². The van der Waals surface area contributed by atoms with Crippen molar-refractivity contribution in [2.45, 2.75) is 55.7 Å². The van der Waals surface area contributed by atoms with Crippen molar-refractivity contribution in [2.24, 2.45) is 23.2 Å². The fraction of sp³-hybridized carbons (Fsp3) is 0.929. The normalized spacial score (nSPS) is 34.0. The van der Waals surface area contributed by atoms with Gasteiger partial charge in [0, 0.05) is 6.42 Å². The van der Waals surface area contributed by atoms with Crippen LogP contribution in [-0.4, -0.2) is 33.4 Å². The fourth-order valence-electron chi connectivity index (χ4n) is 5.31. The van der Waals surface area contributed by atoms with Crippen LogP contribution in [0.4, 0.5) is 22.0 Å². The largest absolute Gasteiger partial charge is 0.480 e. The van der Waals surface area contributed by atoms with Crippen LogP contribution in [0, 0.1) is 23.2 Å². The van der Waals surface area contributed by atoms with Gasteiger partial charge < -0.3 is 4.13 Å². The quantitative estimate of drug-likeness (QED) is 0.593. The summed E-state index contributed by atoms with van der Waals surface area (Å²) in [6.07, 6.45) is 3.44. The molecule has 4 aliphatic rings. The van der Waals surface area contributed by atoms with Crippen molar-refractivity contribution >= 4 is 25.8 Å². The smallest absolute Gasteiger partial charge is 0.423 e. The lowest BCUT2D eigenvalue weighted by molar-refractivity contribution is -0.141. The highest BCUT2D eigenvalue weighted by Crippen LogP contribution is 2.61. The predicted molar refractivity (Wildman–Crippen MR) is 82.4 cm³/mol. The minimum Gasteiger partial charge on any atom is -0.423 e. The number of ketones is 1. The number of carbonyl (C=O) groups excluding carboxylic acids is 1. The molecule has 27 heavy (non-hydrogen) atoms. The van der Waals surface area contributed by atoms with Crippen LogP contribution in [0.2, 0.25) is 0 Å². The fourth-order valence-corrected chi connectivity index (χ4v) is 7.42. The Bertz CT molecular complexity index is 814. The van der Waals surface area contributed by atoms with Gasteiger partial charge in [-0.25, -0.2) is 16.8 Å². The lowest BCUT2D eigenvalue weighted by Crippen LogP contribution is -2.49. The molecule has 0 aromatic heterocycles. The van der Waals surface area contributed by atoms with Crippen LogP contribution in [0.5, 0.6) is 0 Å². The molecule has 156 valence electrons. The summed E-state index contributed by atoms with van der Waals surface area (Å²) in [5.74, 6) is -1.30. The molecule has 0 aliphatic heterocycles. The molecule has 0 aromatic rings. The predicted octanol–water partition coefficient (Wildman–Crippen LogP) is 3.31. The zero-order valence-electron chi connectivity index (χ0n) is 13.9. The third kappa shape index (κ3) is 3.61. The van der Waals surface area contributed by atoms with Gasteiger partial charge in [0.15, 0.2) is 20.0 Å². The summed E-state index contributed by atoms with van der Waals surface area (Å²) in [6.45, 7) is 0. The van der Waals surface area contributed by atoms with E-state index in [0.29, 0.717) is 19.3 Å². The van der Waals surface area contributed by atoms with Gasteiger partial charge in [-0.05, 0) is 61.7 Å². The van der Waals surface area contributed by atoms with Crippen LogP contribution in [0.3, 0.4) is 0 Å². The molecule has 6 nitrogen and oxygen atoms in total. The zero-order valence-corrected chi connectivity index (χ0v) is 15.5. The molecule has 4 saturated carbocycles. The van der Waals surface area contributed by atoms with Crippen molar-refractivity contribution in [3.05, 3.63) is 4.13 Å². The van der Waals surface area contributed by atoms with E-state index in [1.807, 2.05) is 0 Å². The van der Waals surface area contributed by atoms with Gasteiger partial charge in [0.05, 0.1) is 0 Å². The summed E-state index contributed by atoms with van der Waals surface area (Å²) in [6, 6.07) is 0. The van der Waals surface area contributed by atoms with Gasteiger partial charge >= 0.3 is 10.8 Å². The molecule has 4 rings (SSSR count). The number of carbonyl (C=O) groups is 1. The van der Waals surface area contributed by atoms with E-state index in [4.69, 9.17) is 0 Å². The first kappa shape index (κ1) is 20.9. The van der Waals surface area contributed by atoms with Gasteiger partial charge in [-0.2, -0.15) is 22.0 Å². The molecule has 4 bridgehead atoms. The number of halogens is 5. The number of hydrogen-bond acceptors (Lipinski definition) is 5. The summed E-state index contributed by atoms with van der Waals surface area (Å²) in [4.78, 5) is 12.1. The Balaban J connectivity index is 1.79. The van der Waals surface area contributed by atoms with E-state index in [1.165, 1.54) is 4.13 Å². The van der Waals surface area contributed by atoms with Crippen molar-refractivity contribution in [1.29, 1.82) is 0 Å². The number of Topliss-reactive ketones (excluding diaryl/α,β-unsaturated/α-hetero) is 1. The average Bonchev–Trinajstić information content (AvgIpc) is 2.42. The van der Waals surface area contributed by atoms with Crippen molar-refractivity contribution in [3.8, 4) is 0 Å². The van der Waals surface area contributed by atoms with Crippen molar-refractivity contribution in [3.63, 3.8) is 0 Å². The first-order valence-electron chi connectivity index (χ1n) is 8.28. The van der Waals surface area contributed by atoms with Crippen molar-refractivity contribution in [1.82, 2.24) is 0 Å². The van der Waals surface area contributed by atoms with Crippen LogP contribution in [-0.2, 0) is 24.8 Å². The molecular formula is C14H17F5NO5S2-. The third-order valence-corrected chi connectivity index (χ3v) is 8.87. The highest BCUT2D eigenvalue weighted by atomic mass is 32.3. The summed E-state index contributed by atoms with van der Waals surface area (Å²) in [7, 11) is -13.3. The topological polar surface area (TPSA) is 99.4 Å². The van der Waals surface area contributed by atoms with Gasteiger partial charge in [-0.1, -0.05) is 0 Å².